The average Bonchev–Trinajstić information content (AvgIpc) is 2.50. The molecule has 0 N–H and O–H groups in total. The first kappa shape index (κ1) is 17.0. The van der Waals surface area contributed by atoms with Crippen LogP contribution in [0.2, 0.25) is 0 Å². The molecule has 0 fully saturated rings. The summed E-state index contributed by atoms with van der Waals surface area (Å²) in [5, 5.41) is 3.48. The van der Waals surface area contributed by atoms with Gasteiger partial charge < -0.3 is 4.74 Å². The van der Waals surface area contributed by atoms with Crippen LogP contribution in [0.15, 0.2) is 23.3 Å². The largest absolute Gasteiger partial charge is 0.491 e. The molecule has 1 rings (SSSR count). The van der Waals surface area contributed by atoms with E-state index in [-0.39, 0.29) is 5.75 Å². The Kier molecular flexibility index (Phi) is 8.64. The van der Waals surface area contributed by atoms with Gasteiger partial charge in [-0.15, -0.1) is 0 Å². The van der Waals surface area contributed by atoms with Gasteiger partial charge in [0.1, 0.15) is 6.29 Å². The maximum atomic E-state index is 13.5. The van der Waals surface area contributed by atoms with Crippen molar-refractivity contribution in [2.75, 3.05) is 13.2 Å². The Balaban J connectivity index is 2.06. The van der Waals surface area contributed by atoms with E-state index >= 15 is 0 Å². The Labute approximate surface area is 123 Å². The van der Waals surface area contributed by atoms with Crippen LogP contribution in [0, 0.1) is 5.82 Å². The van der Waals surface area contributed by atoms with Crippen LogP contribution in [-0.4, -0.2) is 19.4 Å². The monoisotopic (exact) mass is 293 g/mol. The molecule has 0 atom stereocenters. The third-order valence-corrected chi connectivity index (χ3v) is 3.07. The first-order valence-corrected chi connectivity index (χ1v) is 7.16. The van der Waals surface area contributed by atoms with Crippen molar-refractivity contribution in [2.45, 2.75) is 38.5 Å². The highest BCUT2D eigenvalue weighted by Crippen LogP contribution is 2.18. The number of benzene rings is 1. The lowest BCUT2D eigenvalue weighted by molar-refractivity contribution is 0.112. The maximum Gasteiger partial charge on any atom is 0.165 e. The molecule has 0 aliphatic carbocycles. The number of hydrogen-bond donors (Lipinski definition) is 0. The van der Waals surface area contributed by atoms with E-state index in [0.717, 1.165) is 38.5 Å². The summed E-state index contributed by atoms with van der Waals surface area (Å²) in [6, 6.07) is 4.19. The minimum atomic E-state index is -0.502. The number of aldehydes is 1. The summed E-state index contributed by atoms with van der Waals surface area (Å²) in [5.41, 5.74) is 8.42. The zero-order valence-corrected chi connectivity index (χ0v) is 12.0. The second kappa shape index (κ2) is 10.7. The van der Waals surface area contributed by atoms with Crippen molar-refractivity contribution in [2.24, 2.45) is 5.11 Å². The predicted octanol–water partition coefficient (Wildman–Crippen LogP) is 4.67. The molecule has 0 aliphatic rings. The maximum absolute atomic E-state index is 13.5. The summed E-state index contributed by atoms with van der Waals surface area (Å²) in [7, 11) is 0. The molecule has 0 spiro atoms. The van der Waals surface area contributed by atoms with Crippen LogP contribution in [-0.2, 0) is 0 Å². The van der Waals surface area contributed by atoms with Gasteiger partial charge >= 0.3 is 0 Å². The summed E-state index contributed by atoms with van der Waals surface area (Å²) in [4.78, 5) is 13.2. The molecular weight excluding hydrogens is 273 g/mol. The van der Waals surface area contributed by atoms with Crippen LogP contribution in [0.5, 0.6) is 5.75 Å². The number of nitrogens with zero attached hydrogens (tertiary/aromatic N) is 3. The molecule has 0 aromatic heterocycles. The number of rotatable bonds is 11. The van der Waals surface area contributed by atoms with Gasteiger partial charge in [-0.2, -0.15) is 0 Å². The minimum Gasteiger partial charge on any atom is -0.491 e. The van der Waals surface area contributed by atoms with Crippen molar-refractivity contribution in [1.29, 1.82) is 0 Å². The Bertz CT molecular complexity index is 488. The normalized spacial score (nSPS) is 9.95. The summed E-state index contributed by atoms with van der Waals surface area (Å²) in [5.74, 6) is -0.312. The van der Waals surface area contributed by atoms with Gasteiger partial charge in [-0.05, 0) is 36.6 Å². The lowest BCUT2D eigenvalue weighted by Gasteiger charge is -2.07. The molecule has 0 heterocycles. The van der Waals surface area contributed by atoms with E-state index in [4.69, 9.17) is 10.3 Å². The zero-order chi connectivity index (χ0) is 15.3. The lowest BCUT2D eigenvalue weighted by Crippen LogP contribution is -1.99. The summed E-state index contributed by atoms with van der Waals surface area (Å²) in [6.07, 6.45) is 6.67. The molecule has 21 heavy (non-hydrogen) atoms. The molecule has 6 heteroatoms. The number of ether oxygens (including phenoxy) is 1. The van der Waals surface area contributed by atoms with Crippen molar-refractivity contribution < 1.29 is 13.9 Å². The van der Waals surface area contributed by atoms with Gasteiger partial charge in [-0.1, -0.05) is 30.8 Å². The van der Waals surface area contributed by atoms with Gasteiger partial charge in [-0.3, -0.25) is 4.79 Å². The number of hydrogen-bond acceptors (Lipinski definition) is 3. The highest BCUT2D eigenvalue weighted by Gasteiger charge is 2.04. The Morgan fingerprint density at radius 3 is 2.57 bits per heavy atom. The van der Waals surface area contributed by atoms with Gasteiger partial charge in [0.2, 0.25) is 0 Å². The van der Waals surface area contributed by atoms with E-state index in [9.17, 15) is 9.18 Å². The minimum absolute atomic E-state index is 0.190. The standard InChI is InChI=1S/C15H20FN3O2/c16-14-11-13(12-20)7-8-15(14)21-10-6-4-2-1-3-5-9-18-19-17/h7-8,11-12H,1-6,9-10H2. The van der Waals surface area contributed by atoms with Gasteiger partial charge in [0, 0.05) is 17.0 Å². The smallest absolute Gasteiger partial charge is 0.165 e. The van der Waals surface area contributed by atoms with E-state index in [1.807, 2.05) is 0 Å². The first-order valence-electron chi connectivity index (χ1n) is 7.16. The SMILES string of the molecule is [N-]=[N+]=NCCCCCCCCOc1ccc(C=O)cc1F. The molecule has 0 unspecified atom stereocenters. The van der Waals surface area contributed by atoms with E-state index < -0.39 is 5.82 Å². The molecule has 1 aromatic rings. The summed E-state index contributed by atoms with van der Waals surface area (Å²) < 4.78 is 18.8. The predicted molar refractivity (Wildman–Crippen MR) is 79.0 cm³/mol. The van der Waals surface area contributed by atoms with Gasteiger partial charge in [0.05, 0.1) is 6.61 Å². The molecule has 0 saturated heterocycles. The molecule has 0 bridgehead atoms. The van der Waals surface area contributed by atoms with Gasteiger partial charge in [0.25, 0.3) is 0 Å². The average molecular weight is 293 g/mol. The van der Waals surface area contributed by atoms with Crippen molar-refractivity contribution in [1.82, 2.24) is 0 Å². The fraction of sp³-hybridized carbons (Fsp3) is 0.533. The second-order valence-electron chi connectivity index (χ2n) is 4.73. The number of halogens is 1. The lowest BCUT2D eigenvalue weighted by atomic mass is 10.1. The fourth-order valence-electron chi connectivity index (χ4n) is 1.93. The van der Waals surface area contributed by atoms with E-state index in [1.54, 1.807) is 0 Å². The molecule has 0 radical (unpaired) electrons. The van der Waals surface area contributed by atoms with Crippen molar-refractivity contribution in [3.05, 3.63) is 40.0 Å². The zero-order valence-electron chi connectivity index (χ0n) is 12.0. The number of carbonyl (C=O) groups excluding carboxylic acids is 1. The van der Waals surface area contributed by atoms with Crippen molar-refractivity contribution in [3.8, 4) is 5.75 Å². The van der Waals surface area contributed by atoms with Gasteiger partial charge in [0.15, 0.2) is 11.6 Å². The highest BCUT2D eigenvalue weighted by molar-refractivity contribution is 5.74. The quantitative estimate of drug-likeness (QED) is 0.195. The molecule has 5 nitrogen and oxygen atoms in total. The van der Waals surface area contributed by atoms with Crippen LogP contribution >= 0.6 is 0 Å². The number of unbranched alkanes of at least 4 members (excludes halogenated alkanes) is 5. The van der Waals surface area contributed by atoms with E-state index in [2.05, 4.69) is 10.0 Å². The van der Waals surface area contributed by atoms with Crippen LogP contribution < -0.4 is 4.74 Å². The molecular formula is C15H20FN3O2. The van der Waals surface area contributed by atoms with Crippen LogP contribution in [0.3, 0.4) is 0 Å². The number of azide groups is 1. The first-order chi connectivity index (χ1) is 10.3. The van der Waals surface area contributed by atoms with Crippen LogP contribution in [0.4, 0.5) is 4.39 Å². The van der Waals surface area contributed by atoms with E-state index in [1.165, 1.54) is 18.2 Å². The van der Waals surface area contributed by atoms with Crippen LogP contribution in [0.1, 0.15) is 48.9 Å². The summed E-state index contributed by atoms with van der Waals surface area (Å²) >= 11 is 0. The number of carbonyl (C=O) groups is 1. The third-order valence-electron chi connectivity index (χ3n) is 3.07. The molecule has 1 aromatic carbocycles. The fourth-order valence-corrected chi connectivity index (χ4v) is 1.93. The molecule has 0 amide bonds. The third kappa shape index (κ3) is 7.32. The second-order valence-corrected chi connectivity index (χ2v) is 4.73. The highest BCUT2D eigenvalue weighted by atomic mass is 19.1. The molecule has 114 valence electrons. The van der Waals surface area contributed by atoms with Gasteiger partial charge in [-0.25, -0.2) is 4.39 Å². The van der Waals surface area contributed by atoms with Crippen molar-refractivity contribution >= 4 is 6.29 Å². The van der Waals surface area contributed by atoms with Crippen LogP contribution in [0.25, 0.3) is 10.4 Å². The summed E-state index contributed by atoms with van der Waals surface area (Å²) in [6.45, 7) is 1.03. The van der Waals surface area contributed by atoms with Crippen molar-refractivity contribution in [3.63, 3.8) is 0 Å². The topological polar surface area (TPSA) is 75.1 Å². The Morgan fingerprint density at radius 2 is 1.90 bits per heavy atom. The molecule has 0 aliphatic heterocycles. The van der Waals surface area contributed by atoms with E-state index in [0.29, 0.717) is 25.0 Å². The Hall–Kier alpha value is -2.07. The Morgan fingerprint density at radius 1 is 1.19 bits per heavy atom. The molecule has 0 saturated carbocycles.